The Bertz CT molecular complexity index is 544. The van der Waals surface area contributed by atoms with Crippen LogP contribution in [-0.2, 0) is 10.0 Å². The van der Waals surface area contributed by atoms with Crippen LogP contribution < -0.4 is 5.73 Å². The predicted molar refractivity (Wildman–Crippen MR) is 64.4 cm³/mol. The van der Waals surface area contributed by atoms with Crippen molar-refractivity contribution in [1.29, 1.82) is 0 Å². The molecule has 0 fully saturated rings. The second-order valence-corrected chi connectivity index (χ2v) is 6.50. The van der Waals surface area contributed by atoms with Gasteiger partial charge in [-0.25, -0.2) is 17.2 Å². The van der Waals surface area contributed by atoms with Crippen LogP contribution in [0, 0.1) is 11.6 Å². The molecule has 0 saturated carbocycles. The van der Waals surface area contributed by atoms with Gasteiger partial charge in [-0.2, -0.15) is 4.31 Å². The van der Waals surface area contributed by atoms with E-state index in [1.807, 2.05) is 0 Å². The largest absolute Gasteiger partial charge is 0.329 e. The number of likely N-dealkylation sites (N-methyl/N-ethyl adjacent to an activating group) is 1. The maximum absolute atomic E-state index is 13.5. The SMILES string of the molecule is CN(C(C)(C)CN)S(=O)(=O)c1cc(F)ccc1F. The van der Waals surface area contributed by atoms with E-state index in [0.717, 1.165) is 16.4 Å². The summed E-state index contributed by atoms with van der Waals surface area (Å²) in [6, 6.07) is 2.31. The minimum atomic E-state index is -4.12. The number of hydrogen-bond donors (Lipinski definition) is 1. The van der Waals surface area contributed by atoms with E-state index < -0.39 is 32.1 Å². The second-order valence-electron chi connectivity index (χ2n) is 4.56. The molecule has 0 amide bonds. The standard InChI is InChI=1S/C11H16F2N2O2S/c1-11(2,7-14)15(3)18(16,17)10-6-8(12)4-5-9(10)13/h4-6H,7,14H2,1-3H3. The van der Waals surface area contributed by atoms with Crippen LogP contribution >= 0.6 is 0 Å². The zero-order valence-electron chi connectivity index (χ0n) is 10.4. The summed E-state index contributed by atoms with van der Waals surface area (Å²) in [6.45, 7) is 3.25. The van der Waals surface area contributed by atoms with E-state index in [1.165, 1.54) is 7.05 Å². The van der Waals surface area contributed by atoms with E-state index in [0.29, 0.717) is 6.07 Å². The molecule has 2 N–H and O–H groups in total. The Morgan fingerprint density at radius 3 is 2.39 bits per heavy atom. The number of sulfonamides is 1. The lowest BCUT2D eigenvalue weighted by Crippen LogP contribution is -2.50. The van der Waals surface area contributed by atoms with Gasteiger partial charge in [-0.1, -0.05) is 0 Å². The number of nitrogens with zero attached hydrogens (tertiary/aromatic N) is 1. The quantitative estimate of drug-likeness (QED) is 0.903. The number of nitrogens with two attached hydrogens (primary N) is 1. The number of halogens is 2. The van der Waals surface area contributed by atoms with Crippen molar-refractivity contribution in [3.63, 3.8) is 0 Å². The summed E-state index contributed by atoms with van der Waals surface area (Å²) >= 11 is 0. The van der Waals surface area contributed by atoms with Crippen molar-refractivity contribution in [2.75, 3.05) is 13.6 Å². The summed E-state index contributed by atoms with van der Waals surface area (Å²) in [6.07, 6.45) is 0. The molecule has 1 rings (SSSR count). The van der Waals surface area contributed by atoms with Crippen molar-refractivity contribution in [3.8, 4) is 0 Å². The van der Waals surface area contributed by atoms with Crippen LogP contribution in [0.5, 0.6) is 0 Å². The summed E-state index contributed by atoms with van der Waals surface area (Å²) in [5, 5.41) is 0. The first-order valence-electron chi connectivity index (χ1n) is 5.27. The van der Waals surface area contributed by atoms with Crippen LogP contribution in [0.3, 0.4) is 0 Å². The molecule has 7 heteroatoms. The Balaban J connectivity index is 3.34. The third-order valence-corrected chi connectivity index (χ3v) is 4.97. The van der Waals surface area contributed by atoms with E-state index in [-0.39, 0.29) is 6.54 Å². The lowest BCUT2D eigenvalue weighted by molar-refractivity contribution is 0.273. The van der Waals surface area contributed by atoms with Gasteiger partial charge in [0, 0.05) is 19.1 Å². The average molecular weight is 278 g/mol. The van der Waals surface area contributed by atoms with Crippen LogP contribution in [0.4, 0.5) is 8.78 Å². The Labute approximate surface area is 105 Å². The number of benzene rings is 1. The molecular formula is C11H16F2N2O2S. The Morgan fingerprint density at radius 1 is 1.33 bits per heavy atom. The van der Waals surface area contributed by atoms with Crippen molar-refractivity contribution >= 4 is 10.0 Å². The molecule has 4 nitrogen and oxygen atoms in total. The van der Waals surface area contributed by atoms with Crippen LogP contribution in [0.1, 0.15) is 13.8 Å². The molecule has 0 aromatic heterocycles. The van der Waals surface area contributed by atoms with Crippen LogP contribution in [0.25, 0.3) is 0 Å². The molecule has 0 aliphatic heterocycles. The third-order valence-electron chi connectivity index (χ3n) is 2.88. The maximum atomic E-state index is 13.5. The van der Waals surface area contributed by atoms with Crippen molar-refractivity contribution < 1.29 is 17.2 Å². The van der Waals surface area contributed by atoms with E-state index >= 15 is 0 Å². The smallest absolute Gasteiger partial charge is 0.246 e. The van der Waals surface area contributed by atoms with Crippen molar-refractivity contribution in [3.05, 3.63) is 29.8 Å². The number of hydrogen-bond acceptors (Lipinski definition) is 3. The second kappa shape index (κ2) is 4.91. The first kappa shape index (κ1) is 15.0. The molecule has 0 radical (unpaired) electrons. The monoisotopic (exact) mass is 278 g/mol. The first-order chi connectivity index (χ1) is 8.13. The Morgan fingerprint density at radius 2 is 1.89 bits per heavy atom. The van der Waals surface area contributed by atoms with Crippen molar-refractivity contribution in [1.82, 2.24) is 4.31 Å². The summed E-state index contributed by atoms with van der Waals surface area (Å²) in [7, 11) is -2.84. The van der Waals surface area contributed by atoms with Gasteiger partial charge < -0.3 is 5.73 Å². The lowest BCUT2D eigenvalue weighted by atomic mass is 10.1. The molecule has 0 atom stereocenters. The molecule has 18 heavy (non-hydrogen) atoms. The van der Waals surface area contributed by atoms with Crippen molar-refractivity contribution in [2.24, 2.45) is 5.73 Å². The minimum absolute atomic E-state index is 0.0552. The van der Waals surface area contributed by atoms with Gasteiger partial charge in [0.05, 0.1) is 0 Å². The summed E-state index contributed by atoms with van der Waals surface area (Å²) < 4.78 is 51.9. The molecule has 0 unspecified atom stereocenters. The van der Waals surface area contributed by atoms with Gasteiger partial charge in [0.2, 0.25) is 10.0 Å². The third kappa shape index (κ3) is 2.68. The van der Waals surface area contributed by atoms with Crippen LogP contribution in [-0.4, -0.2) is 31.9 Å². The highest BCUT2D eigenvalue weighted by Gasteiger charge is 2.34. The Hall–Kier alpha value is -1.05. The molecule has 102 valence electrons. The lowest BCUT2D eigenvalue weighted by Gasteiger charge is -2.33. The van der Waals surface area contributed by atoms with Crippen LogP contribution in [0.15, 0.2) is 23.1 Å². The van der Waals surface area contributed by atoms with E-state index in [9.17, 15) is 17.2 Å². The van der Waals surface area contributed by atoms with Gasteiger partial charge in [0.1, 0.15) is 16.5 Å². The van der Waals surface area contributed by atoms with E-state index in [1.54, 1.807) is 13.8 Å². The molecule has 0 bridgehead atoms. The highest BCUT2D eigenvalue weighted by Crippen LogP contribution is 2.24. The normalized spacial score (nSPS) is 13.1. The Kier molecular flexibility index (Phi) is 4.09. The molecule has 1 aromatic carbocycles. The zero-order valence-corrected chi connectivity index (χ0v) is 11.3. The minimum Gasteiger partial charge on any atom is -0.329 e. The number of rotatable bonds is 4. The topological polar surface area (TPSA) is 63.4 Å². The van der Waals surface area contributed by atoms with Gasteiger partial charge in [-0.3, -0.25) is 0 Å². The van der Waals surface area contributed by atoms with Crippen molar-refractivity contribution in [2.45, 2.75) is 24.3 Å². The van der Waals surface area contributed by atoms with Gasteiger partial charge >= 0.3 is 0 Å². The molecule has 0 aliphatic carbocycles. The first-order valence-corrected chi connectivity index (χ1v) is 6.71. The fraction of sp³-hybridized carbons (Fsp3) is 0.455. The summed E-state index contributed by atoms with van der Waals surface area (Å²) in [5.74, 6) is -1.80. The zero-order chi connectivity index (χ0) is 14.1. The molecule has 1 aromatic rings. The summed E-state index contributed by atoms with van der Waals surface area (Å²) in [5.41, 5.74) is 4.58. The van der Waals surface area contributed by atoms with Gasteiger partial charge in [0.25, 0.3) is 0 Å². The molecule has 0 heterocycles. The summed E-state index contributed by atoms with van der Waals surface area (Å²) in [4.78, 5) is -0.688. The van der Waals surface area contributed by atoms with Gasteiger partial charge in [-0.15, -0.1) is 0 Å². The van der Waals surface area contributed by atoms with E-state index in [2.05, 4.69) is 0 Å². The fourth-order valence-electron chi connectivity index (χ4n) is 1.28. The molecular weight excluding hydrogens is 262 g/mol. The average Bonchev–Trinajstić information content (AvgIpc) is 2.31. The van der Waals surface area contributed by atoms with Crippen LogP contribution in [0.2, 0.25) is 0 Å². The fourth-order valence-corrected chi connectivity index (χ4v) is 2.87. The van der Waals surface area contributed by atoms with E-state index in [4.69, 9.17) is 5.73 Å². The molecule has 0 saturated heterocycles. The molecule has 0 aliphatic rings. The van der Waals surface area contributed by atoms with Gasteiger partial charge in [0.15, 0.2) is 0 Å². The van der Waals surface area contributed by atoms with Gasteiger partial charge in [-0.05, 0) is 32.0 Å². The predicted octanol–water partition coefficient (Wildman–Crippen LogP) is 1.32. The molecule has 0 spiro atoms. The maximum Gasteiger partial charge on any atom is 0.246 e. The highest BCUT2D eigenvalue weighted by molar-refractivity contribution is 7.89. The highest BCUT2D eigenvalue weighted by atomic mass is 32.2.